The Morgan fingerprint density at radius 2 is 1.62 bits per heavy atom. The molecule has 2 aromatic carbocycles. The molecule has 0 N–H and O–H groups in total. The van der Waals surface area contributed by atoms with Gasteiger partial charge < -0.3 is 14.0 Å². The lowest BCUT2D eigenvalue weighted by Gasteiger charge is -2.14. The predicted octanol–water partition coefficient (Wildman–Crippen LogP) is 2.64. The number of hydrogen-bond donors (Lipinski definition) is 0. The summed E-state index contributed by atoms with van der Waals surface area (Å²) in [7, 11) is 4.63. The molecule has 0 amide bonds. The first kappa shape index (κ1) is 15.9. The van der Waals surface area contributed by atoms with Crippen molar-refractivity contribution in [1.82, 2.24) is 4.57 Å². The second-order valence-corrected chi connectivity index (χ2v) is 6.04. The molecule has 0 unspecified atom stereocenters. The Bertz CT molecular complexity index is 1220. The zero-order chi connectivity index (χ0) is 18.6. The Hall–Kier alpha value is -3.59. The number of pyridine rings is 1. The second kappa shape index (κ2) is 5.46. The van der Waals surface area contributed by atoms with E-state index in [0.717, 1.165) is 0 Å². The monoisotopic (exact) mass is 346 g/mol. The first-order chi connectivity index (χ1) is 12.5. The molecule has 1 aliphatic rings. The molecule has 0 fully saturated rings. The molecule has 26 heavy (non-hydrogen) atoms. The highest BCUT2D eigenvalue weighted by Crippen LogP contribution is 2.41. The van der Waals surface area contributed by atoms with Gasteiger partial charge in [0.05, 0.1) is 42.5 Å². The van der Waals surface area contributed by atoms with Crippen molar-refractivity contribution in [2.75, 3.05) is 14.2 Å². The van der Waals surface area contributed by atoms with Gasteiger partial charge in [0, 0.05) is 23.6 Å². The van der Waals surface area contributed by atoms with Crippen molar-refractivity contribution in [3.63, 3.8) is 0 Å². The highest BCUT2D eigenvalue weighted by Gasteiger charge is 2.32. The van der Waals surface area contributed by atoms with E-state index >= 15 is 0 Å². The summed E-state index contributed by atoms with van der Waals surface area (Å²) in [4.78, 5) is 26.0. The van der Waals surface area contributed by atoms with E-state index in [1.165, 1.54) is 18.8 Å². The SMILES string of the molecule is COc1cc2c3c(n(C)c(=O)c2cc1OC)-c1ccc(C#N)cc1C3=O. The second-order valence-electron chi connectivity index (χ2n) is 6.04. The van der Waals surface area contributed by atoms with Crippen LogP contribution in [0.25, 0.3) is 22.0 Å². The lowest BCUT2D eigenvalue weighted by molar-refractivity contribution is 0.104. The smallest absolute Gasteiger partial charge is 0.258 e. The normalized spacial score (nSPS) is 11.8. The van der Waals surface area contributed by atoms with Crippen LogP contribution in [0.5, 0.6) is 11.5 Å². The van der Waals surface area contributed by atoms with Gasteiger partial charge in [0.1, 0.15) is 0 Å². The van der Waals surface area contributed by atoms with Gasteiger partial charge in [-0.15, -0.1) is 0 Å². The molecule has 6 nitrogen and oxygen atoms in total. The fourth-order valence-electron chi connectivity index (χ4n) is 3.53. The Labute approximate surface area is 148 Å². The molecule has 0 radical (unpaired) electrons. The van der Waals surface area contributed by atoms with Crippen LogP contribution in [0.3, 0.4) is 0 Å². The molecule has 6 heteroatoms. The van der Waals surface area contributed by atoms with Gasteiger partial charge in [0.2, 0.25) is 0 Å². The topological polar surface area (TPSA) is 81.3 Å². The summed E-state index contributed by atoms with van der Waals surface area (Å²) < 4.78 is 12.1. The molecule has 0 aliphatic heterocycles. The van der Waals surface area contributed by atoms with Crippen LogP contribution in [0.15, 0.2) is 35.1 Å². The van der Waals surface area contributed by atoms with Gasteiger partial charge in [0.15, 0.2) is 17.3 Å². The van der Waals surface area contributed by atoms with E-state index in [2.05, 4.69) is 0 Å². The third kappa shape index (κ3) is 1.91. The number of methoxy groups -OCH3 is 2. The van der Waals surface area contributed by atoms with E-state index in [4.69, 9.17) is 14.7 Å². The third-order valence-electron chi connectivity index (χ3n) is 4.78. The quantitative estimate of drug-likeness (QED) is 0.557. The summed E-state index contributed by atoms with van der Waals surface area (Å²) in [6.45, 7) is 0. The highest BCUT2D eigenvalue weighted by atomic mass is 16.5. The molecule has 4 rings (SSSR count). The van der Waals surface area contributed by atoms with E-state index in [0.29, 0.717) is 50.2 Å². The van der Waals surface area contributed by atoms with E-state index < -0.39 is 0 Å². The summed E-state index contributed by atoms with van der Waals surface area (Å²) in [5.41, 5.74) is 2.24. The molecule has 0 spiro atoms. The van der Waals surface area contributed by atoms with E-state index in [1.807, 2.05) is 6.07 Å². The average Bonchev–Trinajstić information content (AvgIpc) is 2.97. The number of nitriles is 1. The summed E-state index contributed by atoms with van der Waals surface area (Å²) in [5.74, 6) is 0.656. The lowest BCUT2D eigenvalue weighted by atomic mass is 10.0. The predicted molar refractivity (Wildman–Crippen MR) is 95.9 cm³/mol. The van der Waals surface area contributed by atoms with E-state index in [1.54, 1.807) is 37.4 Å². The summed E-state index contributed by atoms with van der Waals surface area (Å²) >= 11 is 0. The molecule has 1 aliphatic carbocycles. The zero-order valence-corrected chi connectivity index (χ0v) is 14.4. The van der Waals surface area contributed by atoms with Gasteiger partial charge in [-0.05, 0) is 24.3 Å². The van der Waals surface area contributed by atoms with Gasteiger partial charge in [-0.2, -0.15) is 5.26 Å². The minimum atomic E-state index is -0.232. The molecule has 0 bridgehead atoms. The number of carbonyl (C=O) groups excluding carboxylic acids is 1. The molecule has 3 aromatic rings. The first-order valence-electron chi connectivity index (χ1n) is 7.89. The van der Waals surface area contributed by atoms with Crippen LogP contribution in [-0.2, 0) is 7.05 Å². The average molecular weight is 346 g/mol. The van der Waals surface area contributed by atoms with Gasteiger partial charge in [-0.3, -0.25) is 9.59 Å². The van der Waals surface area contributed by atoms with Crippen molar-refractivity contribution in [3.8, 4) is 28.8 Å². The van der Waals surface area contributed by atoms with E-state index in [-0.39, 0.29) is 11.3 Å². The first-order valence-corrected chi connectivity index (χ1v) is 7.89. The highest BCUT2D eigenvalue weighted by molar-refractivity contribution is 6.27. The van der Waals surface area contributed by atoms with Crippen LogP contribution in [0.4, 0.5) is 0 Å². The standard InChI is InChI=1S/C20H14N2O4/c1-22-18-11-5-4-10(9-21)6-13(11)19(23)17(18)12-7-15(25-2)16(26-3)8-14(12)20(22)24/h4-8H,1-3H3. The maximum absolute atomic E-state index is 13.1. The number of rotatable bonds is 2. The molecule has 0 saturated carbocycles. The zero-order valence-electron chi connectivity index (χ0n) is 14.4. The van der Waals surface area contributed by atoms with Crippen molar-refractivity contribution in [3.05, 3.63) is 57.4 Å². The van der Waals surface area contributed by atoms with Crippen molar-refractivity contribution in [2.24, 2.45) is 7.05 Å². The number of carbonyl (C=O) groups is 1. The molecule has 0 saturated heterocycles. The Morgan fingerprint density at radius 3 is 2.23 bits per heavy atom. The largest absolute Gasteiger partial charge is 0.493 e. The Balaban J connectivity index is 2.17. The Kier molecular flexibility index (Phi) is 3.34. The maximum atomic E-state index is 13.1. The maximum Gasteiger partial charge on any atom is 0.258 e. The number of fused-ring (bicyclic) bond motifs is 5. The van der Waals surface area contributed by atoms with Gasteiger partial charge >= 0.3 is 0 Å². The fraction of sp³-hybridized carbons (Fsp3) is 0.150. The van der Waals surface area contributed by atoms with Crippen LogP contribution >= 0.6 is 0 Å². The number of ketones is 1. The van der Waals surface area contributed by atoms with Crippen molar-refractivity contribution in [1.29, 1.82) is 5.26 Å². The van der Waals surface area contributed by atoms with Crippen LogP contribution in [-0.4, -0.2) is 24.6 Å². The number of nitrogens with zero attached hydrogens (tertiary/aromatic N) is 2. The van der Waals surface area contributed by atoms with Crippen molar-refractivity contribution in [2.45, 2.75) is 0 Å². The fourth-order valence-corrected chi connectivity index (χ4v) is 3.53. The van der Waals surface area contributed by atoms with Crippen molar-refractivity contribution < 1.29 is 14.3 Å². The molecule has 128 valence electrons. The van der Waals surface area contributed by atoms with Crippen LogP contribution in [0.1, 0.15) is 21.5 Å². The Morgan fingerprint density at radius 1 is 0.962 bits per heavy atom. The minimum absolute atomic E-state index is 0.208. The van der Waals surface area contributed by atoms with Gasteiger partial charge in [-0.1, -0.05) is 6.07 Å². The van der Waals surface area contributed by atoms with Crippen LogP contribution < -0.4 is 15.0 Å². The van der Waals surface area contributed by atoms with Gasteiger partial charge in [0.25, 0.3) is 5.56 Å². The molecular weight excluding hydrogens is 332 g/mol. The number of hydrogen-bond acceptors (Lipinski definition) is 5. The number of aromatic nitrogens is 1. The van der Waals surface area contributed by atoms with Crippen LogP contribution in [0.2, 0.25) is 0 Å². The minimum Gasteiger partial charge on any atom is -0.493 e. The number of benzene rings is 2. The molecule has 1 heterocycles. The molecule has 0 atom stereocenters. The number of ether oxygens (including phenoxy) is 2. The molecular formula is C20H14N2O4. The van der Waals surface area contributed by atoms with Gasteiger partial charge in [-0.25, -0.2) is 0 Å². The van der Waals surface area contributed by atoms with E-state index in [9.17, 15) is 9.59 Å². The molecule has 1 aromatic heterocycles. The van der Waals surface area contributed by atoms with Crippen molar-refractivity contribution >= 4 is 16.6 Å². The van der Waals surface area contributed by atoms with Crippen LogP contribution in [0, 0.1) is 11.3 Å². The summed E-state index contributed by atoms with van der Waals surface area (Å²) in [5, 5.41) is 10.0. The third-order valence-corrected chi connectivity index (χ3v) is 4.78. The summed E-state index contributed by atoms with van der Waals surface area (Å²) in [6, 6.07) is 10.2. The summed E-state index contributed by atoms with van der Waals surface area (Å²) in [6.07, 6.45) is 0. The lowest BCUT2D eigenvalue weighted by Crippen LogP contribution is -2.20.